The minimum absolute atomic E-state index is 0.188. The first-order chi connectivity index (χ1) is 19.7. The number of fused-ring (bicyclic) bond motifs is 3. The average molecular weight is 564 g/mol. The average Bonchev–Trinajstić information content (AvgIpc) is 3.35. The summed E-state index contributed by atoms with van der Waals surface area (Å²) in [6, 6.07) is 19.2. The van der Waals surface area contributed by atoms with E-state index in [0.717, 1.165) is 19.4 Å². The lowest BCUT2D eigenvalue weighted by Gasteiger charge is -2.40. The van der Waals surface area contributed by atoms with E-state index < -0.39 is 35.1 Å². The number of benzene rings is 3. The molecule has 2 aliphatic rings. The van der Waals surface area contributed by atoms with Crippen molar-refractivity contribution in [1.82, 2.24) is 4.90 Å². The third kappa shape index (κ3) is 4.58. The minimum Gasteiger partial charge on any atom is -0.497 e. The van der Waals surface area contributed by atoms with E-state index in [1.54, 1.807) is 67.8 Å². The summed E-state index contributed by atoms with van der Waals surface area (Å²) in [6.45, 7) is 1.42. The van der Waals surface area contributed by atoms with Crippen LogP contribution in [0, 0.1) is 5.92 Å². The first-order valence-electron chi connectivity index (χ1n) is 13.7. The van der Waals surface area contributed by atoms with Crippen LogP contribution in [0.1, 0.15) is 35.4 Å². The van der Waals surface area contributed by atoms with E-state index in [1.165, 1.54) is 7.11 Å². The summed E-state index contributed by atoms with van der Waals surface area (Å²) in [6.07, 6.45) is 0.0704. The predicted octanol–water partition coefficient (Wildman–Crippen LogP) is 3.76. The van der Waals surface area contributed by atoms with Crippen LogP contribution in [0.2, 0.25) is 0 Å². The summed E-state index contributed by atoms with van der Waals surface area (Å²) >= 11 is 0. The lowest BCUT2D eigenvalue weighted by Crippen LogP contribution is -2.52. The summed E-state index contributed by atoms with van der Waals surface area (Å²) in [5, 5.41) is 35.0. The van der Waals surface area contributed by atoms with E-state index in [9.17, 15) is 20.1 Å². The number of methoxy groups -OCH3 is 2. The molecule has 41 heavy (non-hydrogen) atoms. The Morgan fingerprint density at radius 2 is 1.68 bits per heavy atom. The van der Waals surface area contributed by atoms with Crippen LogP contribution in [0.15, 0.2) is 66.7 Å². The lowest BCUT2D eigenvalue weighted by atomic mass is 9.70. The number of aliphatic hydroxyl groups is 2. The van der Waals surface area contributed by atoms with Crippen LogP contribution in [-0.2, 0) is 16.0 Å². The van der Waals surface area contributed by atoms with E-state index in [-0.39, 0.29) is 17.1 Å². The van der Waals surface area contributed by atoms with Gasteiger partial charge in [-0.2, -0.15) is 0 Å². The van der Waals surface area contributed by atoms with Crippen LogP contribution in [0.5, 0.6) is 23.0 Å². The van der Waals surface area contributed by atoms with E-state index >= 15 is 0 Å². The van der Waals surface area contributed by atoms with Crippen molar-refractivity contribution < 1.29 is 39.1 Å². The number of rotatable bonds is 11. The van der Waals surface area contributed by atoms with Crippen molar-refractivity contribution in [2.45, 2.75) is 36.1 Å². The molecule has 5 rings (SSSR count). The number of hydrogen-bond donors (Lipinski definition) is 3. The molecule has 218 valence electrons. The molecule has 1 saturated carbocycles. The van der Waals surface area contributed by atoms with Crippen LogP contribution in [0.25, 0.3) is 0 Å². The second-order valence-corrected chi connectivity index (χ2v) is 10.9. The van der Waals surface area contributed by atoms with Gasteiger partial charge in [-0.3, -0.25) is 4.79 Å². The van der Waals surface area contributed by atoms with Gasteiger partial charge in [0.15, 0.2) is 11.2 Å². The summed E-state index contributed by atoms with van der Waals surface area (Å²) in [4.78, 5) is 14.9. The smallest absolute Gasteiger partial charge is 0.310 e. The van der Waals surface area contributed by atoms with Gasteiger partial charge in [0.25, 0.3) is 0 Å². The zero-order chi connectivity index (χ0) is 29.4. The third-order valence-electron chi connectivity index (χ3n) is 8.27. The van der Waals surface area contributed by atoms with Crippen molar-refractivity contribution in [3.8, 4) is 23.0 Å². The number of hydrogen-bond acceptors (Lipinski definition) is 8. The van der Waals surface area contributed by atoms with Crippen molar-refractivity contribution >= 4 is 5.97 Å². The summed E-state index contributed by atoms with van der Waals surface area (Å²) in [7, 11) is 7.05. The fourth-order valence-electron chi connectivity index (χ4n) is 6.46. The third-order valence-corrected chi connectivity index (χ3v) is 8.27. The number of nitrogens with zero attached hydrogens (tertiary/aromatic N) is 1. The standard InChI is InChI=1S/C32H37NO8/c1-33(2)16-8-9-17-40-23-18-24(39-4)28-25(19-23)41-32(21-12-14-22(38-3)15-13-21)27(20-10-6-5-7-11-20)26(30(35)36)29(34)31(28,32)37/h5-7,10-15,18-19,26-27,29,34,37H,8-9,16-17H2,1-4H3,(H,35,36)/t26-,27-,29-,31+,32+/m1/s1. The second-order valence-electron chi connectivity index (χ2n) is 10.9. The van der Waals surface area contributed by atoms with Gasteiger partial charge >= 0.3 is 5.97 Å². The highest BCUT2D eigenvalue weighted by molar-refractivity contribution is 5.77. The fourth-order valence-corrected chi connectivity index (χ4v) is 6.46. The monoisotopic (exact) mass is 563 g/mol. The van der Waals surface area contributed by atoms with Gasteiger partial charge in [-0.15, -0.1) is 0 Å². The highest BCUT2D eigenvalue weighted by Crippen LogP contribution is 2.70. The number of ether oxygens (including phenoxy) is 4. The molecule has 0 unspecified atom stereocenters. The Morgan fingerprint density at radius 1 is 0.976 bits per heavy atom. The maximum Gasteiger partial charge on any atom is 0.310 e. The van der Waals surface area contributed by atoms with Crippen molar-refractivity contribution in [3.63, 3.8) is 0 Å². The van der Waals surface area contributed by atoms with Gasteiger partial charge in [0.05, 0.1) is 32.3 Å². The van der Waals surface area contributed by atoms with Crippen LogP contribution >= 0.6 is 0 Å². The Kier molecular flexibility index (Phi) is 7.87. The largest absolute Gasteiger partial charge is 0.497 e. The molecular weight excluding hydrogens is 526 g/mol. The molecule has 5 atom stereocenters. The number of carboxylic acids is 1. The van der Waals surface area contributed by atoms with Crippen molar-refractivity contribution in [3.05, 3.63) is 83.4 Å². The second kappa shape index (κ2) is 11.2. The molecule has 0 spiro atoms. The number of carboxylic acid groups (broad SMARTS) is 1. The maximum absolute atomic E-state index is 12.8. The minimum atomic E-state index is -2.18. The summed E-state index contributed by atoms with van der Waals surface area (Å²) in [5.74, 6) is -2.05. The Labute approximate surface area is 239 Å². The molecule has 0 radical (unpaired) electrons. The molecule has 0 saturated heterocycles. The highest BCUT2D eigenvalue weighted by atomic mass is 16.5. The molecule has 0 aromatic heterocycles. The molecule has 9 heteroatoms. The first kappa shape index (κ1) is 28.7. The fraction of sp³-hybridized carbons (Fsp3) is 0.406. The molecular formula is C32H37NO8. The zero-order valence-electron chi connectivity index (χ0n) is 23.7. The maximum atomic E-state index is 12.8. The van der Waals surface area contributed by atoms with Crippen LogP contribution in [0.4, 0.5) is 0 Å². The quantitative estimate of drug-likeness (QED) is 0.300. The van der Waals surface area contributed by atoms with Crippen molar-refractivity contribution in [2.75, 3.05) is 41.5 Å². The molecule has 1 heterocycles. The normalized spacial score (nSPS) is 26.3. The predicted molar refractivity (Wildman–Crippen MR) is 152 cm³/mol. The van der Waals surface area contributed by atoms with Gasteiger partial charge < -0.3 is 39.2 Å². The zero-order valence-corrected chi connectivity index (χ0v) is 23.7. The van der Waals surface area contributed by atoms with E-state index in [0.29, 0.717) is 29.2 Å². The highest BCUT2D eigenvalue weighted by Gasteiger charge is 2.78. The molecule has 1 fully saturated rings. The van der Waals surface area contributed by atoms with Crippen molar-refractivity contribution in [2.24, 2.45) is 5.92 Å². The topological polar surface area (TPSA) is 118 Å². The van der Waals surface area contributed by atoms with Gasteiger partial charge in [0.2, 0.25) is 0 Å². The Morgan fingerprint density at radius 3 is 2.29 bits per heavy atom. The summed E-state index contributed by atoms with van der Waals surface area (Å²) in [5.41, 5.74) is -2.62. The van der Waals surface area contributed by atoms with Crippen LogP contribution < -0.4 is 18.9 Å². The number of carbonyl (C=O) groups is 1. The van der Waals surface area contributed by atoms with Gasteiger partial charge in [-0.05, 0) is 56.7 Å². The van der Waals surface area contributed by atoms with Gasteiger partial charge in [0.1, 0.15) is 29.1 Å². The number of aliphatic carboxylic acids is 1. The number of aliphatic hydroxyl groups excluding tert-OH is 1. The van der Waals surface area contributed by atoms with Gasteiger partial charge in [-0.1, -0.05) is 42.5 Å². The molecule has 9 nitrogen and oxygen atoms in total. The lowest BCUT2D eigenvalue weighted by molar-refractivity contribution is -0.159. The summed E-state index contributed by atoms with van der Waals surface area (Å²) < 4.78 is 23.9. The van der Waals surface area contributed by atoms with Crippen LogP contribution in [0.3, 0.4) is 0 Å². The Hall–Kier alpha value is -3.79. The van der Waals surface area contributed by atoms with Crippen LogP contribution in [-0.4, -0.2) is 73.8 Å². The van der Waals surface area contributed by atoms with Gasteiger partial charge in [0, 0.05) is 18.1 Å². The number of unbranched alkanes of at least 4 members (excludes halogenated alkanes) is 1. The SMILES string of the molecule is COc1ccc([C@@]23Oc4cc(OCCCCN(C)C)cc(OC)c4[C@]2(O)[C@H](O)[C@H](C(=O)O)[C@H]3c2ccccc2)cc1. The molecule has 3 aromatic rings. The molecule has 0 bridgehead atoms. The van der Waals surface area contributed by atoms with Crippen molar-refractivity contribution in [1.29, 1.82) is 0 Å². The van der Waals surface area contributed by atoms with E-state index in [4.69, 9.17) is 18.9 Å². The molecule has 3 aromatic carbocycles. The Balaban J connectivity index is 1.68. The van der Waals surface area contributed by atoms with E-state index in [1.807, 2.05) is 20.2 Å². The molecule has 1 aliphatic heterocycles. The first-order valence-corrected chi connectivity index (χ1v) is 13.7. The van der Waals surface area contributed by atoms with Gasteiger partial charge in [-0.25, -0.2) is 0 Å². The molecule has 1 aliphatic carbocycles. The molecule has 3 N–H and O–H groups in total. The molecule has 0 amide bonds. The van der Waals surface area contributed by atoms with E-state index in [2.05, 4.69) is 4.90 Å². The Bertz CT molecular complexity index is 1380.